The molecule has 0 amide bonds. The third-order valence-corrected chi connectivity index (χ3v) is 8.27. The largest absolute Gasteiger partial charge is 0.506 e. The number of alkyl halides is 3. The maximum absolute atomic E-state index is 13.3. The van der Waals surface area contributed by atoms with Crippen LogP contribution in [0.1, 0.15) is 57.4 Å². The van der Waals surface area contributed by atoms with Gasteiger partial charge in [0.1, 0.15) is 22.3 Å². The summed E-state index contributed by atoms with van der Waals surface area (Å²) in [6.07, 6.45) is -5.64. The first kappa shape index (κ1) is 28.7. The van der Waals surface area contributed by atoms with E-state index in [1.165, 1.54) is 31.2 Å². The SMILES string of the molecule is Cc1c(O)c(Cl)cc2c1Oc1c(cc(CCCCC(=O)C(F)(F)F)c(O)c1Cl)C21OC(=O)c2c(Cl)ccc(Cl)c21. The third kappa shape index (κ3) is 4.26. The van der Waals surface area contributed by atoms with E-state index in [1.54, 1.807) is 0 Å². The number of aromatic hydroxyl groups is 2. The average molecular weight is 636 g/mol. The summed E-state index contributed by atoms with van der Waals surface area (Å²) in [5, 5.41) is 21.2. The summed E-state index contributed by atoms with van der Waals surface area (Å²) in [6.45, 7) is 1.51. The maximum atomic E-state index is 13.3. The number of phenolic OH excluding ortho intramolecular Hbond substituents is 2. The van der Waals surface area contributed by atoms with Crippen molar-refractivity contribution in [2.75, 3.05) is 0 Å². The number of fused-ring (bicyclic) bond motifs is 6. The zero-order valence-electron chi connectivity index (χ0n) is 20.3. The van der Waals surface area contributed by atoms with Crippen molar-refractivity contribution < 1.29 is 42.4 Å². The number of esters is 1. The third-order valence-electron chi connectivity index (χ3n) is 7.00. The first-order valence-corrected chi connectivity index (χ1v) is 13.3. The molecule has 1 atom stereocenters. The summed E-state index contributed by atoms with van der Waals surface area (Å²) in [5.74, 6) is -3.44. The summed E-state index contributed by atoms with van der Waals surface area (Å²) in [7, 11) is 0. The molecule has 5 rings (SSSR count). The second kappa shape index (κ2) is 9.91. The van der Waals surface area contributed by atoms with Gasteiger partial charge in [0, 0.05) is 33.7 Å². The highest BCUT2D eigenvalue weighted by Crippen LogP contribution is 2.62. The molecule has 0 bridgehead atoms. The van der Waals surface area contributed by atoms with Gasteiger partial charge in [-0.1, -0.05) is 46.4 Å². The fraction of sp³-hybridized carbons (Fsp3) is 0.259. The van der Waals surface area contributed by atoms with E-state index in [-0.39, 0.29) is 90.0 Å². The van der Waals surface area contributed by atoms with Gasteiger partial charge in [0.25, 0.3) is 0 Å². The van der Waals surface area contributed by atoms with Gasteiger partial charge in [-0.15, -0.1) is 0 Å². The van der Waals surface area contributed by atoms with Gasteiger partial charge in [-0.2, -0.15) is 13.2 Å². The average Bonchev–Trinajstić information content (AvgIpc) is 3.20. The molecular formula is C27H17Cl4F3O6. The normalized spacial score (nSPS) is 17.2. The van der Waals surface area contributed by atoms with Crippen molar-refractivity contribution in [1.82, 2.24) is 0 Å². The second-order valence-electron chi connectivity index (χ2n) is 9.36. The first-order chi connectivity index (χ1) is 18.7. The van der Waals surface area contributed by atoms with Crippen LogP contribution in [0.15, 0.2) is 24.3 Å². The minimum Gasteiger partial charge on any atom is -0.506 e. The summed E-state index contributed by atoms with van der Waals surface area (Å²) >= 11 is 25.9. The molecule has 40 heavy (non-hydrogen) atoms. The van der Waals surface area contributed by atoms with Crippen molar-refractivity contribution in [2.24, 2.45) is 0 Å². The van der Waals surface area contributed by atoms with Crippen molar-refractivity contribution in [2.45, 2.75) is 44.4 Å². The van der Waals surface area contributed by atoms with Gasteiger partial charge >= 0.3 is 12.1 Å². The Bertz CT molecular complexity index is 1620. The van der Waals surface area contributed by atoms with E-state index >= 15 is 0 Å². The van der Waals surface area contributed by atoms with Crippen LogP contribution in [0, 0.1) is 6.92 Å². The molecule has 2 aliphatic heterocycles. The van der Waals surface area contributed by atoms with E-state index in [9.17, 15) is 33.0 Å². The lowest BCUT2D eigenvalue weighted by Gasteiger charge is -2.38. The Morgan fingerprint density at radius 3 is 2.27 bits per heavy atom. The Hall–Kier alpha value is -2.85. The fourth-order valence-corrected chi connectivity index (χ4v) is 6.11. The summed E-state index contributed by atoms with van der Waals surface area (Å²) in [4.78, 5) is 24.5. The first-order valence-electron chi connectivity index (χ1n) is 11.8. The molecule has 0 saturated carbocycles. The number of carbonyl (C=O) groups excluding carboxylic acids is 2. The van der Waals surface area contributed by atoms with Gasteiger partial charge in [-0.05, 0) is 56.0 Å². The predicted molar refractivity (Wildman–Crippen MR) is 141 cm³/mol. The Labute approximate surface area is 245 Å². The molecule has 1 unspecified atom stereocenters. The number of hydrogen-bond acceptors (Lipinski definition) is 6. The molecule has 0 radical (unpaired) electrons. The number of phenols is 2. The van der Waals surface area contributed by atoms with Crippen molar-refractivity contribution in [3.63, 3.8) is 0 Å². The number of halogens is 7. The summed E-state index contributed by atoms with van der Waals surface area (Å²) in [5.41, 5.74) is -0.990. The van der Waals surface area contributed by atoms with Crippen LogP contribution in [0.2, 0.25) is 20.1 Å². The maximum Gasteiger partial charge on any atom is 0.449 e. The van der Waals surface area contributed by atoms with Gasteiger partial charge in [-0.25, -0.2) is 4.79 Å². The van der Waals surface area contributed by atoms with Crippen molar-refractivity contribution in [3.8, 4) is 23.0 Å². The molecule has 3 aromatic rings. The van der Waals surface area contributed by atoms with Crippen molar-refractivity contribution in [1.29, 1.82) is 0 Å². The molecule has 2 aliphatic rings. The van der Waals surface area contributed by atoms with Crippen LogP contribution in [0.4, 0.5) is 13.2 Å². The van der Waals surface area contributed by atoms with Crippen LogP contribution < -0.4 is 4.74 Å². The molecule has 2 heterocycles. The number of hydrogen-bond donors (Lipinski definition) is 2. The number of rotatable bonds is 5. The van der Waals surface area contributed by atoms with Crippen molar-refractivity contribution in [3.05, 3.63) is 77.7 Å². The van der Waals surface area contributed by atoms with Crippen LogP contribution in [-0.4, -0.2) is 28.1 Å². The molecule has 0 fully saturated rings. The zero-order chi connectivity index (χ0) is 29.3. The second-order valence-corrected chi connectivity index (χ2v) is 11.0. The lowest BCUT2D eigenvalue weighted by atomic mass is 9.76. The van der Waals surface area contributed by atoms with E-state index in [0.717, 1.165) is 0 Å². The molecule has 2 N–H and O–H groups in total. The number of unbranched alkanes of at least 4 members (excludes halogenated alkanes) is 1. The monoisotopic (exact) mass is 634 g/mol. The quantitative estimate of drug-likeness (QED) is 0.216. The van der Waals surface area contributed by atoms with Gasteiger partial charge in [0.2, 0.25) is 5.78 Å². The number of carbonyl (C=O) groups is 2. The van der Waals surface area contributed by atoms with Gasteiger partial charge in [0.15, 0.2) is 11.4 Å². The molecule has 6 nitrogen and oxygen atoms in total. The smallest absolute Gasteiger partial charge is 0.449 e. The summed E-state index contributed by atoms with van der Waals surface area (Å²) < 4.78 is 49.8. The van der Waals surface area contributed by atoms with E-state index in [1.807, 2.05) is 0 Å². The number of ether oxygens (including phenoxy) is 2. The van der Waals surface area contributed by atoms with Crippen LogP contribution in [0.3, 0.4) is 0 Å². The van der Waals surface area contributed by atoms with E-state index in [0.29, 0.717) is 0 Å². The molecule has 0 aliphatic carbocycles. The lowest BCUT2D eigenvalue weighted by molar-refractivity contribution is -0.171. The minimum atomic E-state index is -4.93. The molecule has 0 aromatic heterocycles. The topological polar surface area (TPSA) is 93.1 Å². The zero-order valence-corrected chi connectivity index (χ0v) is 23.3. The highest BCUT2D eigenvalue weighted by atomic mass is 35.5. The highest BCUT2D eigenvalue weighted by molar-refractivity contribution is 6.37. The van der Waals surface area contributed by atoms with Gasteiger partial charge in [-0.3, -0.25) is 4.79 Å². The molecule has 210 valence electrons. The predicted octanol–water partition coefficient (Wildman–Crippen LogP) is 8.43. The molecule has 0 saturated heterocycles. The Kier molecular flexibility index (Phi) is 7.10. The highest BCUT2D eigenvalue weighted by Gasteiger charge is 2.57. The van der Waals surface area contributed by atoms with Crippen molar-refractivity contribution >= 4 is 58.2 Å². The molecule has 13 heteroatoms. The molecule has 3 aromatic carbocycles. The van der Waals surface area contributed by atoms with E-state index in [4.69, 9.17) is 55.9 Å². The number of ketones is 1. The summed E-state index contributed by atoms with van der Waals surface area (Å²) in [6, 6.07) is 5.69. The minimum absolute atomic E-state index is 0.0202. The van der Waals surface area contributed by atoms with E-state index < -0.39 is 35.7 Å². The van der Waals surface area contributed by atoms with Crippen LogP contribution in [0.25, 0.3) is 0 Å². The number of benzene rings is 3. The molecular weight excluding hydrogens is 619 g/mol. The Balaban J connectivity index is 1.71. The Morgan fingerprint density at radius 2 is 1.60 bits per heavy atom. The lowest BCUT2D eigenvalue weighted by Crippen LogP contribution is -2.34. The van der Waals surface area contributed by atoms with E-state index in [2.05, 4.69) is 0 Å². The number of Topliss-reactive ketones (excluding diaryl/α,β-unsaturated/α-hetero) is 1. The van der Waals surface area contributed by atoms with Crippen LogP contribution in [-0.2, 0) is 21.6 Å². The number of aryl methyl sites for hydroxylation is 1. The Morgan fingerprint density at radius 1 is 0.950 bits per heavy atom. The van der Waals surface area contributed by atoms with Crippen LogP contribution in [0.5, 0.6) is 23.0 Å². The standard InChI is InChI=1S/C27H17Cl4F3O6/c1-10-21(36)16(30)9-13-23(10)39-24-12(26(13)19-15(29)7-6-14(28)18(19)25(38)40-26)8-11(22(37)20(24)31)4-2-3-5-17(35)27(32,33)34/h6-9,36-37H,2-5H2,1H3. The fourth-order valence-electron chi connectivity index (χ4n) is 5.07. The van der Waals surface area contributed by atoms with Gasteiger partial charge in [0.05, 0.1) is 15.6 Å². The van der Waals surface area contributed by atoms with Crippen LogP contribution >= 0.6 is 46.4 Å². The molecule has 1 spiro atoms. The van der Waals surface area contributed by atoms with Gasteiger partial charge < -0.3 is 19.7 Å².